The second-order valence-corrected chi connectivity index (χ2v) is 4.93. The molecule has 0 spiro atoms. The van der Waals surface area contributed by atoms with E-state index >= 15 is 0 Å². The summed E-state index contributed by atoms with van der Waals surface area (Å²) in [6.07, 6.45) is 1.24. The molecule has 0 aliphatic carbocycles. The molecule has 0 fully saturated rings. The maximum absolute atomic E-state index is 10.8. The Kier molecular flexibility index (Phi) is 5.14. The van der Waals surface area contributed by atoms with Gasteiger partial charge in [-0.15, -0.1) is 0 Å². The van der Waals surface area contributed by atoms with Crippen molar-refractivity contribution in [2.45, 2.75) is 39.3 Å². The number of hydrogen-bond donors (Lipinski definition) is 2. The summed E-state index contributed by atoms with van der Waals surface area (Å²) < 4.78 is 2.90. The van der Waals surface area contributed by atoms with Gasteiger partial charge in [-0.05, 0) is 29.3 Å². The molecule has 17 heavy (non-hydrogen) atoms. The molecule has 1 aromatic rings. The van der Waals surface area contributed by atoms with E-state index in [0.717, 1.165) is 22.3 Å². The van der Waals surface area contributed by atoms with Crippen molar-refractivity contribution in [1.82, 2.24) is 15.1 Å². The lowest BCUT2D eigenvalue weighted by Crippen LogP contribution is -2.31. The van der Waals surface area contributed by atoms with Crippen LogP contribution in [0.5, 0.6) is 0 Å². The predicted molar refractivity (Wildman–Crippen MR) is 70.4 cm³/mol. The minimum atomic E-state index is -0.289. The first-order valence-corrected chi connectivity index (χ1v) is 6.46. The first-order valence-electron chi connectivity index (χ1n) is 5.67. The summed E-state index contributed by atoms with van der Waals surface area (Å²) in [4.78, 5) is 10.8. The van der Waals surface area contributed by atoms with Gasteiger partial charge < -0.3 is 11.1 Å². The number of rotatable bonds is 6. The first-order chi connectivity index (χ1) is 7.95. The molecule has 1 heterocycles. The monoisotopic (exact) mass is 302 g/mol. The lowest BCUT2D eigenvalue weighted by atomic mass is 10.2. The van der Waals surface area contributed by atoms with Gasteiger partial charge in [-0.2, -0.15) is 5.10 Å². The maximum atomic E-state index is 10.8. The Bertz CT molecular complexity index is 402. The Labute approximate surface area is 110 Å². The number of nitrogens with two attached hydrogens (primary N) is 1. The van der Waals surface area contributed by atoms with Gasteiger partial charge in [0.15, 0.2) is 0 Å². The Hall–Kier alpha value is -0.880. The van der Waals surface area contributed by atoms with Crippen LogP contribution in [0.4, 0.5) is 0 Å². The number of primary amides is 1. The summed E-state index contributed by atoms with van der Waals surface area (Å²) in [5, 5.41) is 7.66. The standard InChI is InChI=1S/C11H19BrN4O/c1-4-8-11(12)9(16(3)15-8)6-14-7(2)5-10(13)17/h7,14H,4-6H2,1-3H3,(H2,13,17). The van der Waals surface area contributed by atoms with Crippen molar-refractivity contribution in [3.63, 3.8) is 0 Å². The van der Waals surface area contributed by atoms with Gasteiger partial charge in [0, 0.05) is 26.1 Å². The smallest absolute Gasteiger partial charge is 0.218 e. The number of aryl methyl sites for hydroxylation is 2. The molecule has 1 rings (SSSR count). The normalized spacial score (nSPS) is 12.7. The Morgan fingerprint density at radius 3 is 2.76 bits per heavy atom. The van der Waals surface area contributed by atoms with Gasteiger partial charge in [0.2, 0.25) is 5.91 Å². The van der Waals surface area contributed by atoms with E-state index in [-0.39, 0.29) is 11.9 Å². The molecule has 3 N–H and O–H groups in total. The molecule has 1 unspecified atom stereocenters. The average Bonchev–Trinajstić information content (AvgIpc) is 2.50. The number of halogens is 1. The molecule has 0 aliphatic heterocycles. The Morgan fingerprint density at radius 2 is 2.29 bits per heavy atom. The highest BCUT2D eigenvalue weighted by Gasteiger charge is 2.13. The van der Waals surface area contributed by atoms with Gasteiger partial charge in [-0.1, -0.05) is 6.92 Å². The minimum absolute atomic E-state index is 0.0689. The average molecular weight is 303 g/mol. The van der Waals surface area contributed by atoms with Crippen LogP contribution < -0.4 is 11.1 Å². The molecule has 1 atom stereocenters. The number of aromatic nitrogens is 2. The molecule has 1 aromatic heterocycles. The molecule has 0 saturated heterocycles. The van der Waals surface area contributed by atoms with Crippen molar-refractivity contribution >= 4 is 21.8 Å². The number of nitrogens with zero attached hydrogens (tertiary/aromatic N) is 2. The number of carbonyl (C=O) groups excluding carboxylic acids is 1. The largest absolute Gasteiger partial charge is 0.370 e. The molecule has 0 bridgehead atoms. The first kappa shape index (κ1) is 14.2. The molecule has 96 valence electrons. The summed E-state index contributed by atoms with van der Waals surface area (Å²) >= 11 is 3.55. The highest BCUT2D eigenvalue weighted by atomic mass is 79.9. The fourth-order valence-electron chi connectivity index (χ4n) is 1.66. The molecule has 6 heteroatoms. The minimum Gasteiger partial charge on any atom is -0.370 e. The van der Waals surface area contributed by atoms with Crippen molar-refractivity contribution in [3.05, 3.63) is 15.9 Å². The van der Waals surface area contributed by atoms with Gasteiger partial charge in [-0.25, -0.2) is 0 Å². The Morgan fingerprint density at radius 1 is 1.65 bits per heavy atom. The van der Waals surface area contributed by atoms with E-state index in [0.29, 0.717) is 13.0 Å². The summed E-state index contributed by atoms with van der Waals surface area (Å²) in [7, 11) is 1.92. The molecule has 0 aromatic carbocycles. The molecule has 5 nitrogen and oxygen atoms in total. The zero-order valence-corrected chi connectivity index (χ0v) is 12.0. The zero-order valence-electron chi connectivity index (χ0n) is 10.5. The van der Waals surface area contributed by atoms with Crippen molar-refractivity contribution in [1.29, 1.82) is 0 Å². The molecule has 0 saturated carbocycles. The predicted octanol–water partition coefficient (Wildman–Crippen LogP) is 1.10. The SMILES string of the molecule is CCc1nn(C)c(CNC(C)CC(N)=O)c1Br. The number of amides is 1. The van der Waals surface area contributed by atoms with Crippen LogP contribution in [0.1, 0.15) is 31.7 Å². The van der Waals surface area contributed by atoms with E-state index in [2.05, 4.69) is 33.3 Å². The van der Waals surface area contributed by atoms with E-state index in [1.807, 2.05) is 18.7 Å². The van der Waals surface area contributed by atoms with Crippen LogP contribution in [-0.2, 0) is 24.8 Å². The second-order valence-electron chi connectivity index (χ2n) is 4.14. The third kappa shape index (κ3) is 3.81. The lowest BCUT2D eigenvalue weighted by Gasteiger charge is -2.12. The summed E-state index contributed by atoms with van der Waals surface area (Å²) in [5.74, 6) is -0.289. The van der Waals surface area contributed by atoms with Crippen LogP contribution in [0.2, 0.25) is 0 Å². The summed E-state index contributed by atoms with van der Waals surface area (Å²) in [6.45, 7) is 4.67. The van der Waals surface area contributed by atoms with E-state index in [1.165, 1.54) is 0 Å². The van der Waals surface area contributed by atoms with E-state index in [4.69, 9.17) is 5.73 Å². The zero-order chi connectivity index (χ0) is 13.0. The van der Waals surface area contributed by atoms with Crippen molar-refractivity contribution in [2.24, 2.45) is 12.8 Å². The van der Waals surface area contributed by atoms with Gasteiger partial charge in [-0.3, -0.25) is 9.48 Å². The van der Waals surface area contributed by atoms with Crippen molar-refractivity contribution in [3.8, 4) is 0 Å². The molecular weight excluding hydrogens is 284 g/mol. The third-order valence-corrected chi connectivity index (χ3v) is 3.54. The van der Waals surface area contributed by atoms with Crippen LogP contribution in [0, 0.1) is 0 Å². The maximum Gasteiger partial charge on any atom is 0.218 e. The van der Waals surface area contributed by atoms with Crippen LogP contribution in [0.15, 0.2) is 4.47 Å². The molecular formula is C11H19BrN4O. The van der Waals surface area contributed by atoms with Crippen molar-refractivity contribution < 1.29 is 4.79 Å². The van der Waals surface area contributed by atoms with Crippen LogP contribution in [0.3, 0.4) is 0 Å². The third-order valence-electron chi connectivity index (χ3n) is 2.63. The van der Waals surface area contributed by atoms with Gasteiger partial charge in [0.25, 0.3) is 0 Å². The lowest BCUT2D eigenvalue weighted by molar-refractivity contribution is -0.118. The fourth-order valence-corrected chi connectivity index (χ4v) is 2.41. The van der Waals surface area contributed by atoms with E-state index < -0.39 is 0 Å². The van der Waals surface area contributed by atoms with Crippen LogP contribution in [-0.4, -0.2) is 21.7 Å². The number of hydrogen-bond acceptors (Lipinski definition) is 3. The molecule has 0 radical (unpaired) electrons. The van der Waals surface area contributed by atoms with Gasteiger partial charge in [0.05, 0.1) is 15.9 Å². The highest BCUT2D eigenvalue weighted by Crippen LogP contribution is 2.21. The van der Waals surface area contributed by atoms with Gasteiger partial charge >= 0.3 is 0 Å². The number of nitrogens with one attached hydrogen (secondary N) is 1. The van der Waals surface area contributed by atoms with Crippen LogP contribution in [0.25, 0.3) is 0 Å². The van der Waals surface area contributed by atoms with E-state index in [1.54, 1.807) is 0 Å². The second kappa shape index (κ2) is 6.16. The highest BCUT2D eigenvalue weighted by molar-refractivity contribution is 9.10. The van der Waals surface area contributed by atoms with Crippen molar-refractivity contribution in [2.75, 3.05) is 0 Å². The summed E-state index contributed by atoms with van der Waals surface area (Å²) in [6, 6.07) is 0.0689. The molecule has 1 amide bonds. The quantitative estimate of drug-likeness (QED) is 0.826. The van der Waals surface area contributed by atoms with E-state index in [9.17, 15) is 4.79 Å². The fraction of sp³-hybridized carbons (Fsp3) is 0.636. The van der Waals surface area contributed by atoms with Crippen LogP contribution >= 0.6 is 15.9 Å². The number of carbonyl (C=O) groups is 1. The molecule has 0 aliphatic rings. The summed E-state index contributed by atoms with van der Waals surface area (Å²) in [5.41, 5.74) is 7.27. The van der Waals surface area contributed by atoms with Gasteiger partial charge in [0.1, 0.15) is 0 Å². The topological polar surface area (TPSA) is 72.9 Å². The Balaban J connectivity index is 2.63.